The number of aromatic hydroxyl groups is 1. The lowest BCUT2D eigenvalue weighted by atomic mass is 9.84. The Bertz CT molecular complexity index is 451. The topological polar surface area (TPSA) is 23.5 Å². The molecule has 0 bridgehead atoms. The van der Waals surface area contributed by atoms with E-state index in [-0.39, 0.29) is 0 Å². The normalized spacial score (nSPS) is 18.5. The molecular weight excluding hydrogens is 258 g/mol. The standard InChI is InChI=1S/C19H31NO/c1-5-15(6-2)20(13-14(3)4)18-11-7-10-17-16(18)9-8-12-19(17)21/h8-9,12,14-15,18,21H,5-7,10-11,13H2,1-4H3. The van der Waals surface area contributed by atoms with E-state index in [1.54, 1.807) is 0 Å². The number of benzene rings is 1. The molecule has 0 saturated heterocycles. The molecule has 0 amide bonds. The minimum Gasteiger partial charge on any atom is -0.508 e. The van der Waals surface area contributed by atoms with Gasteiger partial charge in [-0.2, -0.15) is 0 Å². The molecule has 1 atom stereocenters. The lowest BCUT2D eigenvalue weighted by molar-refractivity contribution is 0.0970. The predicted molar refractivity (Wildman–Crippen MR) is 89.7 cm³/mol. The van der Waals surface area contributed by atoms with E-state index in [0.717, 1.165) is 13.0 Å². The number of fused-ring (bicyclic) bond motifs is 1. The largest absolute Gasteiger partial charge is 0.508 e. The summed E-state index contributed by atoms with van der Waals surface area (Å²) in [5, 5.41) is 10.2. The summed E-state index contributed by atoms with van der Waals surface area (Å²) in [6.07, 6.45) is 5.84. The molecule has 21 heavy (non-hydrogen) atoms. The average molecular weight is 289 g/mol. The first-order valence-electron chi connectivity index (χ1n) is 8.64. The fraction of sp³-hybridized carbons (Fsp3) is 0.684. The zero-order valence-electron chi connectivity index (χ0n) is 14.1. The van der Waals surface area contributed by atoms with Crippen LogP contribution < -0.4 is 0 Å². The minimum absolute atomic E-state index is 0.480. The fourth-order valence-electron chi connectivity index (χ4n) is 3.86. The molecule has 0 saturated carbocycles. The molecule has 1 aliphatic rings. The molecule has 0 aromatic heterocycles. The highest BCUT2D eigenvalue weighted by molar-refractivity contribution is 5.42. The fourth-order valence-corrected chi connectivity index (χ4v) is 3.86. The predicted octanol–water partition coefficient (Wildman–Crippen LogP) is 4.92. The third-order valence-corrected chi connectivity index (χ3v) is 4.84. The summed E-state index contributed by atoms with van der Waals surface area (Å²) in [6.45, 7) is 10.4. The molecule has 2 rings (SSSR count). The van der Waals surface area contributed by atoms with Crippen LogP contribution in [0.25, 0.3) is 0 Å². The molecule has 118 valence electrons. The highest BCUT2D eigenvalue weighted by Gasteiger charge is 2.30. The van der Waals surface area contributed by atoms with Crippen molar-refractivity contribution in [2.24, 2.45) is 5.92 Å². The molecule has 1 unspecified atom stereocenters. The molecular formula is C19H31NO. The third-order valence-electron chi connectivity index (χ3n) is 4.84. The maximum absolute atomic E-state index is 10.2. The molecule has 0 heterocycles. The van der Waals surface area contributed by atoms with Gasteiger partial charge in [-0.3, -0.25) is 4.90 Å². The van der Waals surface area contributed by atoms with Crippen molar-refractivity contribution < 1.29 is 5.11 Å². The molecule has 0 fully saturated rings. The minimum atomic E-state index is 0.480. The van der Waals surface area contributed by atoms with Crippen LogP contribution in [-0.2, 0) is 6.42 Å². The van der Waals surface area contributed by atoms with Gasteiger partial charge in [0.25, 0.3) is 0 Å². The Kier molecular flexibility index (Phi) is 5.69. The number of hydrogen-bond donors (Lipinski definition) is 1. The van der Waals surface area contributed by atoms with E-state index < -0.39 is 0 Å². The summed E-state index contributed by atoms with van der Waals surface area (Å²) in [4.78, 5) is 2.71. The Morgan fingerprint density at radius 1 is 1.24 bits per heavy atom. The van der Waals surface area contributed by atoms with Gasteiger partial charge in [0.15, 0.2) is 0 Å². The van der Waals surface area contributed by atoms with Gasteiger partial charge in [-0.15, -0.1) is 0 Å². The molecule has 0 spiro atoms. The van der Waals surface area contributed by atoms with Crippen molar-refractivity contribution >= 4 is 0 Å². The van der Waals surface area contributed by atoms with Gasteiger partial charge in [0.1, 0.15) is 5.75 Å². The van der Waals surface area contributed by atoms with Crippen molar-refractivity contribution in [1.82, 2.24) is 4.90 Å². The van der Waals surface area contributed by atoms with Crippen LogP contribution in [-0.4, -0.2) is 22.6 Å². The van der Waals surface area contributed by atoms with Gasteiger partial charge in [0.05, 0.1) is 0 Å². The van der Waals surface area contributed by atoms with E-state index in [0.29, 0.717) is 23.8 Å². The van der Waals surface area contributed by atoms with E-state index in [4.69, 9.17) is 0 Å². The summed E-state index contributed by atoms with van der Waals surface area (Å²) in [7, 11) is 0. The number of nitrogens with zero attached hydrogens (tertiary/aromatic N) is 1. The van der Waals surface area contributed by atoms with Crippen LogP contribution in [0.1, 0.15) is 70.5 Å². The highest BCUT2D eigenvalue weighted by Crippen LogP contribution is 2.39. The lowest BCUT2D eigenvalue weighted by Gasteiger charge is -2.41. The van der Waals surface area contributed by atoms with Gasteiger partial charge in [0, 0.05) is 18.6 Å². The zero-order valence-corrected chi connectivity index (χ0v) is 14.1. The van der Waals surface area contributed by atoms with Crippen LogP contribution in [0.5, 0.6) is 5.75 Å². The second kappa shape index (κ2) is 7.31. The quantitative estimate of drug-likeness (QED) is 0.803. The molecule has 1 aromatic carbocycles. The third kappa shape index (κ3) is 3.60. The lowest BCUT2D eigenvalue weighted by Crippen LogP contribution is -2.41. The van der Waals surface area contributed by atoms with Gasteiger partial charge in [-0.05, 0) is 55.2 Å². The maximum Gasteiger partial charge on any atom is 0.119 e. The van der Waals surface area contributed by atoms with Gasteiger partial charge < -0.3 is 5.11 Å². The van der Waals surface area contributed by atoms with Crippen LogP contribution in [0.15, 0.2) is 18.2 Å². The second-order valence-corrected chi connectivity index (χ2v) is 6.81. The van der Waals surface area contributed by atoms with Crippen LogP contribution in [0.4, 0.5) is 0 Å². The van der Waals surface area contributed by atoms with E-state index in [9.17, 15) is 5.11 Å². The van der Waals surface area contributed by atoms with Crippen molar-refractivity contribution in [3.63, 3.8) is 0 Å². The van der Waals surface area contributed by atoms with Crippen LogP contribution >= 0.6 is 0 Å². The molecule has 0 radical (unpaired) electrons. The van der Waals surface area contributed by atoms with Gasteiger partial charge >= 0.3 is 0 Å². The van der Waals surface area contributed by atoms with Gasteiger partial charge in [-0.1, -0.05) is 39.8 Å². The molecule has 2 nitrogen and oxygen atoms in total. The van der Waals surface area contributed by atoms with Gasteiger partial charge in [0.2, 0.25) is 0 Å². The Labute approximate surface area is 130 Å². The van der Waals surface area contributed by atoms with Crippen LogP contribution in [0.2, 0.25) is 0 Å². The average Bonchev–Trinajstić information content (AvgIpc) is 2.47. The first-order valence-corrected chi connectivity index (χ1v) is 8.64. The summed E-state index contributed by atoms with van der Waals surface area (Å²) < 4.78 is 0. The van der Waals surface area contributed by atoms with Crippen molar-refractivity contribution in [2.45, 2.75) is 71.9 Å². The molecule has 0 aliphatic heterocycles. The molecule has 1 aliphatic carbocycles. The monoisotopic (exact) mass is 289 g/mol. The maximum atomic E-state index is 10.2. The number of phenolic OH excluding ortho intramolecular Hbond substituents is 1. The Hall–Kier alpha value is -1.02. The van der Waals surface area contributed by atoms with E-state index in [1.165, 1.54) is 36.8 Å². The van der Waals surface area contributed by atoms with Crippen molar-refractivity contribution in [3.05, 3.63) is 29.3 Å². The molecule has 1 aromatic rings. The zero-order chi connectivity index (χ0) is 15.4. The summed E-state index contributed by atoms with van der Waals surface area (Å²) >= 11 is 0. The first-order chi connectivity index (χ1) is 10.1. The van der Waals surface area contributed by atoms with E-state index >= 15 is 0 Å². The van der Waals surface area contributed by atoms with Crippen LogP contribution in [0, 0.1) is 5.92 Å². The number of phenols is 1. The van der Waals surface area contributed by atoms with Gasteiger partial charge in [-0.25, -0.2) is 0 Å². The van der Waals surface area contributed by atoms with E-state index in [1.807, 2.05) is 12.1 Å². The number of rotatable bonds is 6. The van der Waals surface area contributed by atoms with Crippen molar-refractivity contribution in [3.8, 4) is 5.75 Å². The second-order valence-electron chi connectivity index (χ2n) is 6.81. The first kappa shape index (κ1) is 16.4. The SMILES string of the molecule is CCC(CC)N(CC(C)C)C1CCCc2c(O)cccc21. The summed E-state index contributed by atoms with van der Waals surface area (Å²) in [6, 6.07) is 7.20. The smallest absolute Gasteiger partial charge is 0.119 e. The Morgan fingerprint density at radius 3 is 2.57 bits per heavy atom. The summed E-state index contributed by atoms with van der Waals surface area (Å²) in [5.74, 6) is 1.17. The Balaban J connectivity index is 2.35. The number of hydrogen-bond acceptors (Lipinski definition) is 2. The van der Waals surface area contributed by atoms with Crippen molar-refractivity contribution in [1.29, 1.82) is 0 Å². The molecule has 2 heteroatoms. The highest BCUT2D eigenvalue weighted by atomic mass is 16.3. The Morgan fingerprint density at radius 2 is 1.95 bits per heavy atom. The van der Waals surface area contributed by atoms with E-state index in [2.05, 4.69) is 38.7 Å². The summed E-state index contributed by atoms with van der Waals surface area (Å²) in [5.41, 5.74) is 2.56. The molecule has 1 N–H and O–H groups in total. The van der Waals surface area contributed by atoms with Crippen LogP contribution in [0.3, 0.4) is 0 Å². The van der Waals surface area contributed by atoms with Crippen molar-refractivity contribution in [2.75, 3.05) is 6.54 Å².